The number of benzene rings is 1. The molecule has 2 atom stereocenters. The molecule has 2 aromatic heterocycles. The van der Waals surface area contributed by atoms with Crippen LogP contribution < -0.4 is 5.32 Å². The van der Waals surface area contributed by atoms with E-state index in [4.69, 9.17) is 21.3 Å². The molecule has 0 saturated carbocycles. The predicted octanol–water partition coefficient (Wildman–Crippen LogP) is 4.45. The fourth-order valence-electron chi connectivity index (χ4n) is 5.40. The third kappa shape index (κ3) is 5.55. The zero-order chi connectivity index (χ0) is 27.7. The zero-order valence-electron chi connectivity index (χ0n) is 22.6. The van der Waals surface area contributed by atoms with E-state index in [1.165, 1.54) is 6.92 Å². The molecule has 3 heterocycles. The number of nitrogens with zero attached hydrogens (tertiary/aromatic N) is 5. The van der Waals surface area contributed by atoms with Crippen molar-refractivity contribution in [2.45, 2.75) is 39.0 Å². The summed E-state index contributed by atoms with van der Waals surface area (Å²) in [6.45, 7) is 7.64. The molecule has 3 aromatic rings. The summed E-state index contributed by atoms with van der Waals surface area (Å²) >= 11 is 6.58. The molecule has 1 N–H and O–H groups in total. The van der Waals surface area contributed by atoms with Gasteiger partial charge in [-0.05, 0) is 60.4 Å². The van der Waals surface area contributed by atoms with Crippen LogP contribution in [0, 0.1) is 0 Å². The first-order valence-corrected chi connectivity index (χ1v) is 13.5. The molecular formula is C29H33ClN6O3. The molecule has 2 unspecified atom stereocenters. The van der Waals surface area contributed by atoms with Crippen molar-refractivity contribution in [3.05, 3.63) is 82.2 Å². The second-order valence-corrected chi connectivity index (χ2v) is 10.7. The van der Waals surface area contributed by atoms with Gasteiger partial charge in [0.1, 0.15) is 0 Å². The summed E-state index contributed by atoms with van der Waals surface area (Å²) in [5.41, 5.74) is 5.61. The standard InChI is InChI=1S/C29H33ClN6O3/c1-18(2)39-29(38)36-12-10-35(11-13-36)28-22-8-7-21(30)15-23(22)24(14-20-6-5-9-32-26(20)28)27(33-19(3)37)25-16-31-17-34(25)4/h5-9,14-18,27-28H,10-13H2,1-4H3,(H,33,37). The van der Waals surface area contributed by atoms with Crippen molar-refractivity contribution < 1.29 is 14.3 Å². The Bertz CT molecular complexity index is 1410. The highest BCUT2D eigenvalue weighted by molar-refractivity contribution is 6.30. The number of aryl methyl sites for hydroxylation is 1. The monoisotopic (exact) mass is 548 g/mol. The molecule has 9 nitrogen and oxygen atoms in total. The Morgan fingerprint density at radius 1 is 1.15 bits per heavy atom. The Kier molecular flexibility index (Phi) is 7.72. The van der Waals surface area contributed by atoms with Crippen molar-refractivity contribution in [3.63, 3.8) is 0 Å². The first-order chi connectivity index (χ1) is 18.7. The summed E-state index contributed by atoms with van der Waals surface area (Å²) in [5, 5.41) is 3.74. The number of hydrogen-bond acceptors (Lipinski definition) is 6. The fourth-order valence-corrected chi connectivity index (χ4v) is 5.57. The van der Waals surface area contributed by atoms with Crippen LogP contribution in [0.1, 0.15) is 60.9 Å². The van der Waals surface area contributed by atoms with Crippen LogP contribution in [0.25, 0.3) is 11.6 Å². The van der Waals surface area contributed by atoms with E-state index >= 15 is 0 Å². The SMILES string of the molecule is CC(=O)NC(C1=Cc2cccnc2C(N2CCN(C(=O)OC(C)C)CC2)c2ccc(Cl)cc21)c1cncn1C. The highest BCUT2D eigenvalue weighted by atomic mass is 35.5. The first kappa shape index (κ1) is 26.9. The van der Waals surface area contributed by atoms with E-state index in [2.05, 4.69) is 21.3 Å². The third-order valence-corrected chi connectivity index (χ3v) is 7.38. The molecular weight excluding hydrogens is 516 g/mol. The van der Waals surface area contributed by atoms with Crippen molar-refractivity contribution in [2.75, 3.05) is 26.2 Å². The van der Waals surface area contributed by atoms with Crippen LogP contribution in [0.2, 0.25) is 5.02 Å². The topological polar surface area (TPSA) is 92.6 Å². The molecule has 1 fully saturated rings. The molecule has 1 aliphatic carbocycles. The molecule has 1 aliphatic heterocycles. The van der Waals surface area contributed by atoms with Crippen LogP contribution in [0.15, 0.2) is 49.1 Å². The largest absolute Gasteiger partial charge is 0.447 e. The van der Waals surface area contributed by atoms with Crippen LogP contribution in [0.4, 0.5) is 4.79 Å². The van der Waals surface area contributed by atoms with Gasteiger partial charge in [-0.25, -0.2) is 9.78 Å². The molecule has 0 spiro atoms. The molecule has 39 heavy (non-hydrogen) atoms. The van der Waals surface area contributed by atoms with E-state index < -0.39 is 6.04 Å². The van der Waals surface area contributed by atoms with Gasteiger partial charge in [0.25, 0.3) is 0 Å². The average Bonchev–Trinajstić information content (AvgIpc) is 3.27. The predicted molar refractivity (Wildman–Crippen MR) is 150 cm³/mol. The highest BCUT2D eigenvalue weighted by Gasteiger charge is 2.36. The number of carbonyl (C=O) groups is 2. The molecule has 2 aliphatic rings. The summed E-state index contributed by atoms with van der Waals surface area (Å²) in [4.78, 5) is 38.2. The Labute approximate surface area is 233 Å². The van der Waals surface area contributed by atoms with Gasteiger partial charge < -0.3 is 19.5 Å². The van der Waals surface area contributed by atoms with Gasteiger partial charge in [0.2, 0.25) is 5.91 Å². The zero-order valence-corrected chi connectivity index (χ0v) is 23.4. The Balaban J connectivity index is 1.60. The number of nitrogens with one attached hydrogen (secondary N) is 1. The van der Waals surface area contributed by atoms with Gasteiger partial charge in [0, 0.05) is 51.4 Å². The number of aromatic nitrogens is 3. The highest BCUT2D eigenvalue weighted by Crippen LogP contribution is 2.44. The number of carbonyl (C=O) groups excluding carboxylic acids is 2. The summed E-state index contributed by atoms with van der Waals surface area (Å²) in [5.74, 6) is -0.151. The number of ether oxygens (including phenoxy) is 1. The van der Waals surface area contributed by atoms with E-state index in [9.17, 15) is 9.59 Å². The number of fused-ring (bicyclic) bond motifs is 2. The minimum atomic E-state index is -0.457. The molecule has 0 bridgehead atoms. The van der Waals surface area contributed by atoms with Crippen molar-refractivity contribution in [1.82, 2.24) is 29.7 Å². The van der Waals surface area contributed by atoms with Gasteiger partial charge in [-0.1, -0.05) is 23.7 Å². The van der Waals surface area contributed by atoms with E-state index in [0.717, 1.165) is 33.7 Å². The fraction of sp³-hybridized carbons (Fsp3) is 0.379. The van der Waals surface area contributed by atoms with Crippen molar-refractivity contribution in [1.29, 1.82) is 0 Å². The van der Waals surface area contributed by atoms with Crippen LogP contribution >= 0.6 is 11.6 Å². The van der Waals surface area contributed by atoms with Crippen LogP contribution in [0.3, 0.4) is 0 Å². The summed E-state index contributed by atoms with van der Waals surface area (Å²) in [7, 11) is 1.91. The Morgan fingerprint density at radius 2 is 1.92 bits per heavy atom. The lowest BCUT2D eigenvalue weighted by molar-refractivity contribution is -0.119. The lowest BCUT2D eigenvalue weighted by Crippen LogP contribution is -2.50. The molecule has 5 rings (SSSR count). The van der Waals surface area contributed by atoms with E-state index in [0.29, 0.717) is 31.2 Å². The lowest BCUT2D eigenvalue weighted by Gasteiger charge is -2.39. The van der Waals surface area contributed by atoms with Gasteiger partial charge in [0.05, 0.1) is 42.1 Å². The summed E-state index contributed by atoms with van der Waals surface area (Å²) in [6.07, 6.45) is 6.96. The van der Waals surface area contributed by atoms with Gasteiger partial charge in [-0.15, -0.1) is 0 Å². The minimum Gasteiger partial charge on any atom is -0.447 e. The maximum Gasteiger partial charge on any atom is 0.410 e. The number of piperazine rings is 1. The molecule has 1 saturated heterocycles. The lowest BCUT2D eigenvalue weighted by atomic mass is 9.89. The maximum atomic E-state index is 12.5. The number of rotatable bonds is 5. The number of hydrogen-bond donors (Lipinski definition) is 1. The van der Waals surface area contributed by atoms with E-state index in [-0.39, 0.29) is 24.1 Å². The van der Waals surface area contributed by atoms with Crippen molar-refractivity contribution in [3.8, 4) is 0 Å². The Morgan fingerprint density at radius 3 is 2.59 bits per heavy atom. The quantitative estimate of drug-likeness (QED) is 0.506. The van der Waals surface area contributed by atoms with Gasteiger partial charge in [0.15, 0.2) is 0 Å². The number of amides is 2. The second kappa shape index (κ2) is 11.2. The second-order valence-electron chi connectivity index (χ2n) is 10.2. The van der Waals surface area contributed by atoms with Gasteiger partial charge in [-0.3, -0.25) is 14.7 Å². The minimum absolute atomic E-state index is 0.151. The Hall–Kier alpha value is -3.69. The molecule has 1 aromatic carbocycles. The number of pyridine rings is 1. The first-order valence-electron chi connectivity index (χ1n) is 13.1. The summed E-state index contributed by atoms with van der Waals surface area (Å²) in [6, 6.07) is 9.25. The molecule has 2 amide bonds. The number of imidazole rings is 1. The van der Waals surface area contributed by atoms with E-state index in [1.807, 2.05) is 62.0 Å². The number of halogens is 1. The molecule has 0 radical (unpaired) electrons. The molecule has 10 heteroatoms. The summed E-state index contributed by atoms with van der Waals surface area (Å²) < 4.78 is 7.34. The van der Waals surface area contributed by atoms with Crippen molar-refractivity contribution in [2.24, 2.45) is 7.05 Å². The van der Waals surface area contributed by atoms with Crippen molar-refractivity contribution >= 4 is 35.3 Å². The third-order valence-electron chi connectivity index (χ3n) is 7.14. The van der Waals surface area contributed by atoms with Gasteiger partial charge >= 0.3 is 6.09 Å². The van der Waals surface area contributed by atoms with Gasteiger partial charge in [-0.2, -0.15) is 0 Å². The smallest absolute Gasteiger partial charge is 0.410 e. The van der Waals surface area contributed by atoms with E-state index in [1.54, 1.807) is 17.4 Å². The van der Waals surface area contributed by atoms with Crippen LogP contribution in [-0.2, 0) is 16.6 Å². The van der Waals surface area contributed by atoms with Crippen LogP contribution in [0.5, 0.6) is 0 Å². The maximum absolute atomic E-state index is 12.5. The average molecular weight is 549 g/mol. The van der Waals surface area contributed by atoms with Crippen LogP contribution in [-0.4, -0.2) is 68.6 Å². The molecule has 204 valence electrons. The normalized spacial score (nSPS) is 18.1.